The lowest BCUT2D eigenvalue weighted by molar-refractivity contribution is 0.151. The molecule has 0 bridgehead atoms. The van der Waals surface area contributed by atoms with Crippen LogP contribution in [0.3, 0.4) is 0 Å². The Morgan fingerprint density at radius 3 is 2.71 bits per heavy atom. The number of halogens is 2. The highest BCUT2D eigenvalue weighted by Gasteiger charge is 2.08. The van der Waals surface area contributed by atoms with E-state index in [4.69, 9.17) is 5.11 Å². The zero-order valence-electron chi connectivity index (χ0n) is 7.11. The molecule has 1 aromatic heterocycles. The molecule has 0 saturated heterocycles. The Balaban J connectivity index is 2.63. The molecule has 0 atom stereocenters. The third kappa shape index (κ3) is 1.51. The van der Waals surface area contributed by atoms with E-state index in [0.717, 1.165) is 6.20 Å². The number of benzene rings is 1. The SMILES string of the molecule is Oc1ccc2ncc(C(F)F)cc2c1. The van der Waals surface area contributed by atoms with E-state index in [1.54, 1.807) is 6.07 Å². The van der Waals surface area contributed by atoms with Crippen LogP contribution < -0.4 is 0 Å². The summed E-state index contributed by atoms with van der Waals surface area (Å²) in [5.74, 6) is 0.0470. The van der Waals surface area contributed by atoms with Crippen molar-refractivity contribution < 1.29 is 13.9 Å². The van der Waals surface area contributed by atoms with Gasteiger partial charge in [0.25, 0.3) is 6.43 Å². The Morgan fingerprint density at radius 2 is 2.00 bits per heavy atom. The first-order chi connectivity index (χ1) is 6.66. The first-order valence-electron chi connectivity index (χ1n) is 4.03. The van der Waals surface area contributed by atoms with E-state index < -0.39 is 6.43 Å². The van der Waals surface area contributed by atoms with Gasteiger partial charge in [-0.1, -0.05) is 0 Å². The fourth-order valence-corrected chi connectivity index (χ4v) is 1.26. The predicted octanol–water partition coefficient (Wildman–Crippen LogP) is 2.88. The van der Waals surface area contributed by atoms with Crippen LogP contribution in [0.1, 0.15) is 12.0 Å². The monoisotopic (exact) mass is 195 g/mol. The standard InChI is InChI=1S/C10H7F2NO/c11-10(12)7-3-6-4-8(14)1-2-9(6)13-5-7/h1-5,10,14H. The molecule has 2 aromatic rings. The zero-order valence-corrected chi connectivity index (χ0v) is 7.11. The molecule has 0 aliphatic carbocycles. The molecule has 0 aliphatic heterocycles. The van der Waals surface area contributed by atoms with Crippen LogP contribution in [0, 0.1) is 0 Å². The maximum atomic E-state index is 12.3. The maximum Gasteiger partial charge on any atom is 0.265 e. The van der Waals surface area contributed by atoms with E-state index in [1.165, 1.54) is 18.2 Å². The number of fused-ring (bicyclic) bond motifs is 1. The number of pyridine rings is 1. The van der Waals surface area contributed by atoms with Gasteiger partial charge in [0.15, 0.2) is 0 Å². The summed E-state index contributed by atoms with van der Waals surface area (Å²) in [5.41, 5.74) is 0.454. The van der Waals surface area contributed by atoms with E-state index in [-0.39, 0.29) is 11.3 Å². The lowest BCUT2D eigenvalue weighted by atomic mass is 10.1. The molecule has 0 spiro atoms. The summed E-state index contributed by atoms with van der Waals surface area (Å²) in [7, 11) is 0. The average Bonchev–Trinajstić information content (AvgIpc) is 2.16. The number of phenols is 1. The Labute approximate surface area is 78.8 Å². The number of aromatic nitrogens is 1. The summed E-state index contributed by atoms with van der Waals surface area (Å²) < 4.78 is 24.6. The molecule has 0 unspecified atom stereocenters. The highest BCUT2D eigenvalue weighted by molar-refractivity contribution is 5.80. The van der Waals surface area contributed by atoms with Gasteiger partial charge in [-0.3, -0.25) is 4.98 Å². The van der Waals surface area contributed by atoms with Crippen molar-refractivity contribution in [3.63, 3.8) is 0 Å². The molecule has 72 valence electrons. The van der Waals surface area contributed by atoms with Crippen LogP contribution in [0.2, 0.25) is 0 Å². The second kappa shape index (κ2) is 3.21. The fourth-order valence-electron chi connectivity index (χ4n) is 1.26. The van der Waals surface area contributed by atoms with E-state index in [2.05, 4.69) is 4.98 Å². The Hall–Kier alpha value is -1.71. The molecule has 0 saturated carbocycles. The maximum absolute atomic E-state index is 12.3. The summed E-state index contributed by atoms with van der Waals surface area (Å²) in [5, 5.41) is 9.66. The highest BCUT2D eigenvalue weighted by Crippen LogP contribution is 2.24. The molecular formula is C10H7F2NO. The van der Waals surface area contributed by atoms with Gasteiger partial charge in [0.2, 0.25) is 0 Å². The number of hydrogen-bond acceptors (Lipinski definition) is 2. The molecule has 0 radical (unpaired) electrons. The fraction of sp³-hybridized carbons (Fsp3) is 0.100. The van der Waals surface area contributed by atoms with Gasteiger partial charge in [0.05, 0.1) is 5.52 Å². The number of hydrogen-bond donors (Lipinski definition) is 1. The Bertz CT molecular complexity index is 471. The number of aromatic hydroxyl groups is 1. The lowest BCUT2D eigenvalue weighted by Gasteiger charge is -2.01. The van der Waals surface area contributed by atoms with Crippen LogP contribution in [-0.4, -0.2) is 10.1 Å². The molecule has 1 N–H and O–H groups in total. The van der Waals surface area contributed by atoms with E-state index in [9.17, 15) is 8.78 Å². The molecule has 14 heavy (non-hydrogen) atoms. The molecule has 1 heterocycles. The first kappa shape index (κ1) is 8.87. The van der Waals surface area contributed by atoms with Crippen molar-refractivity contribution in [2.24, 2.45) is 0 Å². The molecule has 4 heteroatoms. The summed E-state index contributed by atoms with van der Waals surface area (Å²) >= 11 is 0. The topological polar surface area (TPSA) is 33.1 Å². The lowest BCUT2D eigenvalue weighted by Crippen LogP contribution is -1.86. The van der Waals surface area contributed by atoms with E-state index in [1.807, 2.05) is 0 Å². The second-order valence-corrected chi connectivity index (χ2v) is 2.95. The Morgan fingerprint density at radius 1 is 1.21 bits per heavy atom. The average molecular weight is 195 g/mol. The van der Waals surface area contributed by atoms with Gasteiger partial charge < -0.3 is 5.11 Å². The minimum atomic E-state index is -2.53. The third-order valence-corrected chi connectivity index (χ3v) is 1.94. The minimum Gasteiger partial charge on any atom is -0.508 e. The van der Waals surface area contributed by atoms with Crippen molar-refractivity contribution in [2.45, 2.75) is 6.43 Å². The van der Waals surface area contributed by atoms with Crippen LogP contribution in [0.15, 0.2) is 30.5 Å². The number of phenolic OH excluding ortho intramolecular Hbond substituents is 1. The second-order valence-electron chi connectivity index (χ2n) is 2.95. The van der Waals surface area contributed by atoms with E-state index in [0.29, 0.717) is 10.9 Å². The molecule has 0 fully saturated rings. The van der Waals surface area contributed by atoms with Gasteiger partial charge in [-0.2, -0.15) is 0 Å². The van der Waals surface area contributed by atoms with E-state index >= 15 is 0 Å². The third-order valence-electron chi connectivity index (χ3n) is 1.94. The molecule has 0 amide bonds. The predicted molar refractivity (Wildman–Crippen MR) is 48.4 cm³/mol. The largest absolute Gasteiger partial charge is 0.508 e. The number of rotatable bonds is 1. The normalized spacial score (nSPS) is 11.1. The van der Waals surface area contributed by atoms with Crippen molar-refractivity contribution in [2.75, 3.05) is 0 Å². The summed E-state index contributed by atoms with van der Waals surface area (Å²) in [4.78, 5) is 3.85. The number of nitrogens with zero attached hydrogens (tertiary/aromatic N) is 1. The quantitative estimate of drug-likeness (QED) is 0.758. The smallest absolute Gasteiger partial charge is 0.265 e. The molecule has 2 nitrogen and oxygen atoms in total. The summed E-state index contributed by atoms with van der Waals surface area (Å²) in [6.45, 7) is 0. The van der Waals surface area contributed by atoms with Crippen molar-refractivity contribution >= 4 is 10.9 Å². The van der Waals surface area contributed by atoms with Gasteiger partial charge in [-0.15, -0.1) is 0 Å². The Kier molecular flexibility index (Phi) is 2.04. The number of alkyl halides is 2. The van der Waals surface area contributed by atoms with Gasteiger partial charge in [-0.25, -0.2) is 8.78 Å². The van der Waals surface area contributed by atoms with Crippen LogP contribution in [-0.2, 0) is 0 Å². The first-order valence-corrected chi connectivity index (χ1v) is 4.03. The van der Waals surface area contributed by atoms with Crippen molar-refractivity contribution in [3.05, 3.63) is 36.0 Å². The van der Waals surface area contributed by atoms with Crippen LogP contribution >= 0.6 is 0 Å². The van der Waals surface area contributed by atoms with Gasteiger partial charge in [-0.05, 0) is 24.3 Å². The van der Waals surface area contributed by atoms with Crippen molar-refractivity contribution in [1.29, 1.82) is 0 Å². The van der Waals surface area contributed by atoms with Gasteiger partial charge in [0, 0.05) is 17.1 Å². The minimum absolute atomic E-state index is 0.0470. The molecule has 1 aromatic carbocycles. The van der Waals surface area contributed by atoms with Crippen LogP contribution in [0.5, 0.6) is 5.75 Å². The highest BCUT2D eigenvalue weighted by atomic mass is 19.3. The molecule has 0 aliphatic rings. The van der Waals surface area contributed by atoms with Crippen molar-refractivity contribution in [3.8, 4) is 5.75 Å². The molecular weight excluding hydrogens is 188 g/mol. The van der Waals surface area contributed by atoms with Crippen LogP contribution in [0.25, 0.3) is 10.9 Å². The summed E-state index contributed by atoms with van der Waals surface area (Å²) in [6.07, 6.45) is -1.39. The van der Waals surface area contributed by atoms with Crippen LogP contribution in [0.4, 0.5) is 8.78 Å². The summed E-state index contributed by atoms with van der Waals surface area (Å²) in [6, 6.07) is 5.79. The molecule has 2 rings (SSSR count). The van der Waals surface area contributed by atoms with Gasteiger partial charge in [0.1, 0.15) is 5.75 Å². The zero-order chi connectivity index (χ0) is 10.1. The van der Waals surface area contributed by atoms with Gasteiger partial charge >= 0.3 is 0 Å². The van der Waals surface area contributed by atoms with Crippen molar-refractivity contribution in [1.82, 2.24) is 4.98 Å².